The highest BCUT2D eigenvalue weighted by Gasteiger charge is 2.30. The predicted molar refractivity (Wildman–Crippen MR) is 120 cm³/mol. The SMILES string of the molecule is CC(C)n1nnnc1[C@H](c1ccccc1)N1CCN(CC=Cc2ccccc2)CC1. The average molecular weight is 403 g/mol. The van der Waals surface area contributed by atoms with Crippen LogP contribution in [0.25, 0.3) is 6.08 Å². The third-order valence-electron chi connectivity index (χ3n) is 5.61. The monoisotopic (exact) mass is 402 g/mol. The molecule has 0 radical (unpaired) electrons. The standard InChI is InChI=1S/C24H30N6/c1-20(2)30-24(25-26-27-30)23(22-13-7-4-8-14-22)29-18-16-28(17-19-29)15-9-12-21-10-5-3-6-11-21/h3-14,20,23H,15-19H2,1-2H3/t23-/m0/s1. The Morgan fingerprint density at radius 1 is 0.900 bits per heavy atom. The number of piperazine rings is 1. The molecular formula is C24H30N6. The van der Waals surface area contributed by atoms with E-state index in [0.29, 0.717) is 0 Å². The fourth-order valence-corrected chi connectivity index (χ4v) is 4.01. The van der Waals surface area contributed by atoms with E-state index in [-0.39, 0.29) is 12.1 Å². The van der Waals surface area contributed by atoms with Crippen LogP contribution in [0.1, 0.15) is 42.9 Å². The summed E-state index contributed by atoms with van der Waals surface area (Å²) in [6, 6.07) is 21.4. The zero-order valence-electron chi connectivity index (χ0n) is 17.8. The molecule has 0 unspecified atom stereocenters. The van der Waals surface area contributed by atoms with E-state index < -0.39 is 0 Å². The Bertz CT molecular complexity index is 927. The van der Waals surface area contributed by atoms with Crippen molar-refractivity contribution in [2.75, 3.05) is 32.7 Å². The van der Waals surface area contributed by atoms with E-state index in [2.05, 4.69) is 112 Å². The van der Waals surface area contributed by atoms with E-state index in [0.717, 1.165) is 38.5 Å². The Labute approximate surface area is 178 Å². The van der Waals surface area contributed by atoms with Crippen LogP contribution in [0.4, 0.5) is 0 Å². The lowest BCUT2D eigenvalue weighted by atomic mass is 10.0. The molecule has 1 fully saturated rings. The Hall–Kier alpha value is -2.83. The van der Waals surface area contributed by atoms with Gasteiger partial charge in [0.05, 0.1) is 12.1 Å². The maximum absolute atomic E-state index is 4.43. The van der Waals surface area contributed by atoms with Crippen LogP contribution in [0.15, 0.2) is 66.7 Å². The molecule has 6 heteroatoms. The van der Waals surface area contributed by atoms with E-state index in [1.807, 2.05) is 4.68 Å². The van der Waals surface area contributed by atoms with E-state index in [4.69, 9.17) is 0 Å². The second-order valence-corrected chi connectivity index (χ2v) is 8.04. The minimum Gasteiger partial charge on any atom is -0.297 e. The van der Waals surface area contributed by atoms with Gasteiger partial charge in [-0.05, 0) is 35.4 Å². The van der Waals surface area contributed by atoms with Crippen molar-refractivity contribution in [2.24, 2.45) is 0 Å². The van der Waals surface area contributed by atoms with Gasteiger partial charge in [-0.1, -0.05) is 72.8 Å². The average Bonchev–Trinajstić information content (AvgIpc) is 3.26. The van der Waals surface area contributed by atoms with Crippen LogP contribution in [-0.4, -0.2) is 62.7 Å². The number of benzene rings is 2. The van der Waals surface area contributed by atoms with Gasteiger partial charge in [-0.2, -0.15) is 0 Å². The van der Waals surface area contributed by atoms with Crippen molar-refractivity contribution in [1.29, 1.82) is 0 Å². The minimum absolute atomic E-state index is 0.0746. The molecule has 1 aliphatic heterocycles. The van der Waals surface area contributed by atoms with Crippen molar-refractivity contribution in [3.63, 3.8) is 0 Å². The van der Waals surface area contributed by atoms with Gasteiger partial charge in [-0.3, -0.25) is 9.80 Å². The Kier molecular flexibility index (Phi) is 6.67. The molecule has 0 aliphatic carbocycles. The first-order chi connectivity index (χ1) is 14.7. The van der Waals surface area contributed by atoms with E-state index in [1.165, 1.54) is 11.1 Å². The number of rotatable bonds is 7. The number of hydrogen-bond donors (Lipinski definition) is 0. The first-order valence-corrected chi connectivity index (χ1v) is 10.7. The molecule has 2 heterocycles. The Morgan fingerprint density at radius 2 is 1.57 bits per heavy atom. The first kappa shape index (κ1) is 20.4. The van der Waals surface area contributed by atoms with Gasteiger partial charge in [0, 0.05) is 32.7 Å². The number of tetrazole rings is 1. The van der Waals surface area contributed by atoms with Crippen molar-refractivity contribution < 1.29 is 0 Å². The normalized spacial score (nSPS) is 17.0. The molecule has 156 valence electrons. The van der Waals surface area contributed by atoms with Gasteiger partial charge in [-0.25, -0.2) is 4.68 Å². The summed E-state index contributed by atoms with van der Waals surface area (Å²) in [5.41, 5.74) is 2.49. The van der Waals surface area contributed by atoms with Gasteiger partial charge in [0.2, 0.25) is 0 Å². The summed E-state index contributed by atoms with van der Waals surface area (Å²) >= 11 is 0. The lowest BCUT2D eigenvalue weighted by molar-refractivity contribution is 0.112. The van der Waals surface area contributed by atoms with Crippen molar-refractivity contribution in [3.05, 3.63) is 83.7 Å². The van der Waals surface area contributed by atoms with E-state index in [1.54, 1.807) is 0 Å². The summed E-state index contributed by atoms with van der Waals surface area (Å²) in [4.78, 5) is 5.01. The molecule has 4 rings (SSSR count). The van der Waals surface area contributed by atoms with Crippen LogP contribution < -0.4 is 0 Å². The van der Waals surface area contributed by atoms with E-state index in [9.17, 15) is 0 Å². The molecule has 0 saturated carbocycles. The molecule has 0 bridgehead atoms. The van der Waals surface area contributed by atoms with Crippen LogP contribution in [0, 0.1) is 0 Å². The third-order valence-corrected chi connectivity index (χ3v) is 5.61. The second-order valence-electron chi connectivity index (χ2n) is 8.04. The Balaban J connectivity index is 1.45. The molecule has 30 heavy (non-hydrogen) atoms. The molecular weight excluding hydrogens is 372 g/mol. The van der Waals surface area contributed by atoms with Gasteiger partial charge < -0.3 is 0 Å². The molecule has 2 aromatic carbocycles. The van der Waals surface area contributed by atoms with Gasteiger partial charge in [0.15, 0.2) is 5.82 Å². The molecule has 0 amide bonds. The molecule has 0 spiro atoms. The van der Waals surface area contributed by atoms with Gasteiger partial charge >= 0.3 is 0 Å². The summed E-state index contributed by atoms with van der Waals surface area (Å²) in [6.45, 7) is 9.27. The smallest absolute Gasteiger partial charge is 0.173 e. The topological polar surface area (TPSA) is 50.1 Å². The summed E-state index contributed by atoms with van der Waals surface area (Å²) in [6.07, 6.45) is 4.47. The molecule has 6 nitrogen and oxygen atoms in total. The van der Waals surface area contributed by atoms with Crippen molar-refractivity contribution in [1.82, 2.24) is 30.0 Å². The van der Waals surface area contributed by atoms with Crippen LogP contribution in [-0.2, 0) is 0 Å². The zero-order chi connectivity index (χ0) is 20.8. The summed E-state index contributed by atoms with van der Waals surface area (Å²) < 4.78 is 1.95. The molecule has 1 saturated heterocycles. The lowest BCUT2D eigenvalue weighted by Crippen LogP contribution is -2.48. The lowest BCUT2D eigenvalue weighted by Gasteiger charge is -2.38. The minimum atomic E-state index is 0.0746. The van der Waals surface area contributed by atoms with E-state index >= 15 is 0 Å². The van der Waals surface area contributed by atoms with Crippen molar-refractivity contribution in [2.45, 2.75) is 25.9 Å². The van der Waals surface area contributed by atoms with Crippen LogP contribution >= 0.6 is 0 Å². The van der Waals surface area contributed by atoms with Crippen molar-refractivity contribution >= 4 is 6.08 Å². The third kappa shape index (κ3) is 4.83. The number of hydrogen-bond acceptors (Lipinski definition) is 5. The number of nitrogens with zero attached hydrogens (tertiary/aromatic N) is 6. The highest BCUT2D eigenvalue weighted by molar-refractivity contribution is 5.48. The summed E-state index contributed by atoms with van der Waals surface area (Å²) in [5, 5.41) is 12.7. The summed E-state index contributed by atoms with van der Waals surface area (Å²) in [5.74, 6) is 0.925. The van der Waals surface area contributed by atoms with Crippen LogP contribution in [0.3, 0.4) is 0 Å². The Morgan fingerprint density at radius 3 is 2.23 bits per heavy atom. The quantitative estimate of drug-likeness (QED) is 0.603. The highest BCUT2D eigenvalue weighted by atomic mass is 15.6. The maximum Gasteiger partial charge on any atom is 0.173 e. The second kappa shape index (κ2) is 9.78. The van der Waals surface area contributed by atoms with Gasteiger partial charge in [-0.15, -0.1) is 5.10 Å². The summed E-state index contributed by atoms with van der Waals surface area (Å²) in [7, 11) is 0. The fourth-order valence-electron chi connectivity index (χ4n) is 4.01. The largest absolute Gasteiger partial charge is 0.297 e. The molecule has 1 atom stereocenters. The molecule has 3 aromatic rings. The van der Waals surface area contributed by atoms with Crippen LogP contribution in [0.5, 0.6) is 0 Å². The van der Waals surface area contributed by atoms with Crippen LogP contribution in [0.2, 0.25) is 0 Å². The highest BCUT2D eigenvalue weighted by Crippen LogP contribution is 2.29. The predicted octanol–water partition coefficient (Wildman–Crippen LogP) is 3.67. The van der Waals surface area contributed by atoms with Gasteiger partial charge in [0.25, 0.3) is 0 Å². The zero-order valence-corrected chi connectivity index (χ0v) is 17.8. The maximum atomic E-state index is 4.43. The fraction of sp³-hybridized carbons (Fsp3) is 0.375. The molecule has 1 aromatic heterocycles. The molecule has 0 N–H and O–H groups in total. The molecule has 1 aliphatic rings. The van der Waals surface area contributed by atoms with Gasteiger partial charge in [0.1, 0.15) is 0 Å². The first-order valence-electron chi connectivity index (χ1n) is 10.7. The number of aromatic nitrogens is 4. The van der Waals surface area contributed by atoms with Crippen molar-refractivity contribution in [3.8, 4) is 0 Å².